The molecule has 0 aliphatic carbocycles. The van der Waals surface area contributed by atoms with E-state index in [1.165, 1.54) is 0 Å². The fourth-order valence-corrected chi connectivity index (χ4v) is 1.66. The second-order valence-corrected chi connectivity index (χ2v) is 4.10. The van der Waals surface area contributed by atoms with Crippen molar-refractivity contribution in [3.8, 4) is 0 Å². The Morgan fingerprint density at radius 2 is 2.17 bits per heavy atom. The summed E-state index contributed by atoms with van der Waals surface area (Å²) in [5.74, 6) is -1.54. The van der Waals surface area contributed by atoms with Gasteiger partial charge < -0.3 is 10.4 Å². The van der Waals surface area contributed by atoms with Gasteiger partial charge in [0.05, 0.1) is 6.42 Å². The van der Waals surface area contributed by atoms with Gasteiger partial charge in [0.1, 0.15) is 11.6 Å². The zero-order chi connectivity index (χ0) is 13.5. The average Bonchev–Trinajstić information content (AvgIpc) is 2.33. The van der Waals surface area contributed by atoms with E-state index in [0.29, 0.717) is 12.8 Å². The molecule has 0 bridgehead atoms. The van der Waals surface area contributed by atoms with Crippen molar-refractivity contribution < 1.29 is 18.7 Å². The summed E-state index contributed by atoms with van der Waals surface area (Å²) in [6.45, 7) is 1.86. The summed E-state index contributed by atoms with van der Waals surface area (Å²) < 4.78 is 26.2. The van der Waals surface area contributed by atoms with Crippen molar-refractivity contribution in [3.63, 3.8) is 0 Å². The van der Waals surface area contributed by atoms with Gasteiger partial charge in [-0.2, -0.15) is 0 Å². The number of aliphatic hydroxyl groups excluding tert-OH is 1. The number of aliphatic hydroxyl groups is 1. The summed E-state index contributed by atoms with van der Waals surface area (Å²) in [5, 5.41) is 11.5. The number of nitrogens with one attached hydrogen (secondary N) is 1. The molecule has 0 saturated carbocycles. The van der Waals surface area contributed by atoms with Gasteiger partial charge in [-0.05, 0) is 31.0 Å². The van der Waals surface area contributed by atoms with Crippen LogP contribution in [0.15, 0.2) is 18.2 Å². The molecule has 0 aliphatic rings. The first kappa shape index (κ1) is 14.6. The Balaban J connectivity index is 2.61. The maximum Gasteiger partial charge on any atom is 0.224 e. The van der Waals surface area contributed by atoms with Crippen LogP contribution in [0.4, 0.5) is 8.78 Å². The first-order valence-corrected chi connectivity index (χ1v) is 5.91. The molecule has 0 radical (unpaired) electrons. The first-order chi connectivity index (χ1) is 8.56. The molecule has 1 amide bonds. The lowest BCUT2D eigenvalue weighted by Crippen LogP contribution is -2.36. The molecule has 18 heavy (non-hydrogen) atoms. The van der Waals surface area contributed by atoms with E-state index in [-0.39, 0.29) is 30.5 Å². The molecule has 1 aromatic rings. The fourth-order valence-electron chi connectivity index (χ4n) is 1.66. The van der Waals surface area contributed by atoms with Crippen LogP contribution in [-0.4, -0.2) is 23.7 Å². The largest absolute Gasteiger partial charge is 0.396 e. The third-order valence-electron chi connectivity index (χ3n) is 2.69. The molecule has 2 N–H and O–H groups in total. The molecular formula is C13H17F2NO2. The minimum Gasteiger partial charge on any atom is -0.396 e. The van der Waals surface area contributed by atoms with E-state index in [1.807, 2.05) is 6.92 Å². The quantitative estimate of drug-likeness (QED) is 0.816. The zero-order valence-electron chi connectivity index (χ0n) is 10.2. The van der Waals surface area contributed by atoms with Gasteiger partial charge in [-0.25, -0.2) is 8.78 Å². The summed E-state index contributed by atoms with van der Waals surface area (Å²) in [5.41, 5.74) is 0.0337. The Labute approximate surface area is 105 Å². The van der Waals surface area contributed by atoms with Crippen LogP contribution in [0.2, 0.25) is 0 Å². The third-order valence-corrected chi connectivity index (χ3v) is 2.69. The highest BCUT2D eigenvalue weighted by Crippen LogP contribution is 2.10. The molecule has 1 aromatic carbocycles. The van der Waals surface area contributed by atoms with Crippen LogP contribution < -0.4 is 5.32 Å². The Morgan fingerprint density at radius 3 is 2.78 bits per heavy atom. The molecule has 0 fully saturated rings. The lowest BCUT2D eigenvalue weighted by atomic mass is 10.1. The van der Waals surface area contributed by atoms with Crippen molar-refractivity contribution in [1.29, 1.82) is 0 Å². The minimum absolute atomic E-state index is 0.0207. The molecule has 0 aromatic heterocycles. The van der Waals surface area contributed by atoms with Gasteiger partial charge in [0, 0.05) is 18.2 Å². The van der Waals surface area contributed by atoms with E-state index in [2.05, 4.69) is 5.32 Å². The number of benzene rings is 1. The molecule has 1 atom stereocenters. The van der Waals surface area contributed by atoms with E-state index in [9.17, 15) is 13.6 Å². The number of hydrogen-bond donors (Lipinski definition) is 2. The smallest absolute Gasteiger partial charge is 0.224 e. The van der Waals surface area contributed by atoms with Crippen LogP contribution >= 0.6 is 0 Å². The molecule has 3 nitrogen and oxygen atoms in total. The van der Waals surface area contributed by atoms with E-state index in [1.54, 1.807) is 0 Å². The average molecular weight is 257 g/mol. The molecular weight excluding hydrogens is 240 g/mol. The number of hydrogen-bond acceptors (Lipinski definition) is 2. The highest BCUT2D eigenvalue weighted by Gasteiger charge is 2.13. The molecule has 0 heterocycles. The standard InChI is InChI=1S/C13H17F2NO2/c1-2-11(5-6-17)16-13(18)8-9-7-10(14)3-4-12(9)15/h3-4,7,11,17H,2,5-6,8H2,1H3,(H,16,18). The van der Waals surface area contributed by atoms with Crippen LogP contribution in [0.25, 0.3) is 0 Å². The SMILES string of the molecule is CCC(CCO)NC(=O)Cc1cc(F)ccc1F. The molecule has 1 unspecified atom stereocenters. The van der Waals surface area contributed by atoms with E-state index >= 15 is 0 Å². The normalized spacial score (nSPS) is 12.2. The molecule has 0 aliphatic heterocycles. The number of carbonyl (C=O) groups is 1. The van der Waals surface area contributed by atoms with Crippen LogP contribution in [0.5, 0.6) is 0 Å². The summed E-state index contributed by atoms with van der Waals surface area (Å²) in [4.78, 5) is 11.6. The molecule has 1 rings (SSSR count). The maximum atomic E-state index is 13.3. The Hall–Kier alpha value is -1.49. The second-order valence-electron chi connectivity index (χ2n) is 4.10. The maximum absolute atomic E-state index is 13.3. The van der Waals surface area contributed by atoms with E-state index in [0.717, 1.165) is 18.2 Å². The summed E-state index contributed by atoms with van der Waals surface area (Å²) in [6.07, 6.45) is 0.928. The third kappa shape index (κ3) is 4.41. The molecule has 0 saturated heterocycles. The van der Waals surface area contributed by atoms with Gasteiger partial charge in [0.15, 0.2) is 0 Å². The van der Waals surface area contributed by atoms with Gasteiger partial charge in [0.25, 0.3) is 0 Å². The highest BCUT2D eigenvalue weighted by atomic mass is 19.1. The topological polar surface area (TPSA) is 49.3 Å². The number of carbonyl (C=O) groups excluding carboxylic acids is 1. The Bertz CT molecular complexity index is 410. The van der Waals surface area contributed by atoms with Gasteiger partial charge in [-0.15, -0.1) is 0 Å². The van der Waals surface area contributed by atoms with Crippen LogP contribution in [-0.2, 0) is 11.2 Å². The van der Waals surface area contributed by atoms with Crippen molar-refractivity contribution in [2.75, 3.05) is 6.61 Å². The van der Waals surface area contributed by atoms with Crippen molar-refractivity contribution in [3.05, 3.63) is 35.4 Å². The van der Waals surface area contributed by atoms with Crippen LogP contribution in [0.1, 0.15) is 25.3 Å². The lowest BCUT2D eigenvalue weighted by molar-refractivity contribution is -0.121. The minimum atomic E-state index is -0.596. The van der Waals surface area contributed by atoms with Crippen molar-refractivity contribution in [1.82, 2.24) is 5.32 Å². The summed E-state index contributed by atoms with van der Waals surface area (Å²) in [6, 6.07) is 2.89. The van der Waals surface area contributed by atoms with Gasteiger partial charge in [-0.1, -0.05) is 6.92 Å². The van der Waals surface area contributed by atoms with Gasteiger partial charge >= 0.3 is 0 Å². The van der Waals surface area contributed by atoms with E-state index in [4.69, 9.17) is 5.11 Å². The van der Waals surface area contributed by atoms with E-state index < -0.39 is 11.6 Å². The van der Waals surface area contributed by atoms with Gasteiger partial charge in [0.2, 0.25) is 5.91 Å². The zero-order valence-corrected chi connectivity index (χ0v) is 10.2. The Morgan fingerprint density at radius 1 is 1.44 bits per heavy atom. The lowest BCUT2D eigenvalue weighted by Gasteiger charge is -2.15. The predicted molar refractivity (Wildman–Crippen MR) is 64.0 cm³/mol. The van der Waals surface area contributed by atoms with Crippen LogP contribution in [0.3, 0.4) is 0 Å². The fraction of sp³-hybridized carbons (Fsp3) is 0.462. The predicted octanol–water partition coefficient (Wildman–Crippen LogP) is 1.78. The van der Waals surface area contributed by atoms with Crippen molar-refractivity contribution >= 4 is 5.91 Å². The number of rotatable bonds is 6. The number of halogens is 2. The second kappa shape index (κ2) is 7.06. The molecule has 5 heteroatoms. The molecule has 100 valence electrons. The summed E-state index contributed by atoms with van der Waals surface area (Å²) in [7, 11) is 0. The Kier molecular flexibility index (Phi) is 5.71. The summed E-state index contributed by atoms with van der Waals surface area (Å²) >= 11 is 0. The van der Waals surface area contributed by atoms with Gasteiger partial charge in [-0.3, -0.25) is 4.79 Å². The van der Waals surface area contributed by atoms with Crippen molar-refractivity contribution in [2.45, 2.75) is 32.2 Å². The number of amides is 1. The first-order valence-electron chi connectivity index (χ1n) is 5.91. The molecule has 0 spiro atoms. The highest BCUT2D eigenvalue weighted by molar-refractivity contribution is 5.78. The van der Waals surface area contributed by atoms with Crippen molar-refractivity contribution in [2.24, 2.45) is 0 Å². The van der Waals surface area contributed by atoms with Crippen LogP contribution in [0, 0.1) is 11.6 Å². The monoisotopic (exact) mass is 257 g/mol.